The van der Waals surface area contributed by atoms with Crippen LogP contribution in [0.2, 0.25) is 0 Å². The first-order valence-electron chi connectivity index (χ1n) is 12.3. The summed E-state index contributed by atoms with van der Waals surface area (Å²) in [4.78, 5) is 28.9. The van der Waals surface area contributed by atoms with E-state index in [2.05, 4.69) is 5.32 Å². The van der Waals surface area contributed by atoms with Gasteiger partial charge in [-0.2, -0.15) is 0 Å². The van der Waals surface area contributed by atoms with Crippen LogP contribution in [-0.2, 0) is 15.1 Å². The predicted molar refractivity (Wildman–Crippen MR) is 146 cm³/mol. The molecule has 0 radical (unpaired) electrons. The largest absolute Gasteiger partial charge is 0.497 e. The summed E-state index contributed by atoms with van der Waals surface area (Å²) in [6.07, 6.45) is -0.226. The minimum Gasteiger partial charge on any atom is -0.497 e. The molecule has 1 aromatic heterocycles. The first kappa shape index (κ1) is 26.6. The van der Waals surface area contributed by atoms with Crippen molar-refractivity contribution in [3.63, 3.8) is 0 Å². The number of anilines is 2. The molecule has 1 fully saturated rings. The molecule has 1 N–H and O–H groups in total. The Labute approximate surface area is 230 Å². The second-order valence-electron chi connectivity index (χ2n) is 8.97. The molecular formula is C30H27FN2O7. The maximum atomic E-state index is 14.6. The van der Waals surface area contributed by atoms with E-state index in [9.17, 15) is 14.0 Å². The zero-order chi connectivity index (χ0) is 28.4. The van der Waals surface area contributed by atoms with Crippen LogP contribution in [0.3, 0.4) is 0 Å². The number of rotatable bonds is 9. The molecule has 3 aromatic carbocycles. The Morgan fingerprint density at radius 3 is 2.20 bits per heavy atom. The summed E-state index contributed by atoms with van der Waals surface area (Å²) in [5.41, 5.74) is -0.817. The molecule has 1 aliphatic rings. The lowest BCUT2D eigenvalue weighted by atomic mass is 9.79. The highest BCUT2D eigenvalue weighted by Crippen LogP contribution is 2.50. The zero-order valence-corrected chi connectivity index (χ0v) is 22.3. The maximum absolute atomic E-state index is 14.6. The van der Waals surface area contributed by atoms with Crippen molar-refractivity contribution in [1.29, 1.82) is 0 Å². The van der Waals surface area contributed by atoms with Gasteiger partial charge in [0.15, 0.2) is 5.54 Å². The highest BCUT2D eigenvalue weighted by Gasteiger charge is 2.61. The van der Waals surface area contributed by atoms with Crippen LogP contribution in [0.5, 0.6) is 23.0 Å². The molecule has 1 atom stereocenters. The fourth-order valence-electron chi connectivity index (χ4n) is 4.80. The molecule has 0 aliphatic carbocycles. The van der Waals surface area contributed by atoms with Gasteiger partial charge in [0.05, 0.1) is 51.8 Å². The second-order valence-corrected chi connectivity index (χ2v) is 8.97. The van der Waals surface area contributed by atoms with Crippen molar-refractivity contribution in [1.82, 2.24) is 0 Å². The standard InChI is InChI=1S/C30H27FN2O7/c1-36-18-9-11-25(38-3)22(15-18)32-29(35)30(27-14-13-24(40-27)20-7-5-6-8-21(20)31)17-28(34)33(30)23-16-19(37-2)10-12-26(23)39-4/h5-16H,17H2,1-4H3,(H,32,35). The average molecular weight is 547 g/mol. The van der Waals surface area contributed by atoms with Gasteiger partial charge in [0, 0.05) is 12.1 Å². The smallest absolute Gasteiger partial charge is 0.259 e. The number of amides is 2. The van der Waals surface area contributed by atoms with E-state index in [4.69, 9.17) is 23.4 Å². The summed E-state index contributed by atoms with van der Waals surface area (Å²) in [5.74, 6) is 0.565. The Hall–Kier alpha value is -4.99. The van der Waals surface area contributed by atoms with Crippen LogP contribution in [0.25, 0.3) is 11.3 Å². The summed E-state index contributed by atoms with van der Waals surface area (Å²) in [5, 5.41) is 2.88. The van der Waals surface area contributed by atoms with Gasteiger partial charge in [-0.1, -0.05) is 12.1 Å². The van der Waals surface area contributed by atoms with Gasteiger partial charge >= 0.3 is 0 Å². The molecule has 1 aliphatic heterocycles. The van der Waals surface area contributed by atoms with E-state index in [1.54, 1.807) is 66.7 Å². The van der Waals surface area contributed by atoms with Crippen molar-refractivity contribution in [3.05, 3.63) is 84.4 Å². The van der Waals surface area contributed by atoms with Crippen molar-refractivity contribution < 1.29 is 37.3 Å². The van der Waals surface area contributed by atoms with Crippen LogP contribution in [-0.4, -0.2) is 40.3 Å². The van der Waals surface area contributed by atoms with Gasteiger partial charge in [-0.25, -0.2) is 4.39 Å². The van der Waals surface area contributed by atoms with Gasteiger partial charge in [0.2, 0.25) is 5.91 Å². The van der Waals surface area contributed by atoms with Gasteiger partial charge in [-0.15, -0.1) is 0 Å². The molecule has 9 nitrogen and oxygen atoms in total. The van der Waals surface area contributed by atoms with Gasteiger partial charge < -0.3 is 28.7 Å². The number of carbonyl (C=O) groups is 2. The molecule has 10 heteroatoms. The number of benzene rings is 3. The summed E-state index contributed by atoms with van der Waals surface area (Å²) < 4.78 is 42.4. The molecule has 40 heavy (non-hydrogen) atoms. The Morgan fingerprint density at radius 2 is 1.55 bits per heavy atom. The fourth-order valence-corrected chi connectivity index (χ4v) is 4.80. The lowest BCUT2D eigenvalue weighted by Gasteiger charge is -2.49. The normalized spacial score (nSPS) is 16.2. The SMILES string of the molecule is COc1ccc(OC)c(NC(=O)C2(c3ccc(-c4ccccc4F)o3)CC(=O)N2c2cc(OC)ccc2OC)c1. The summed E-state index contributed by atoms with van der Waals surface area (Å²) >= 11 is 0. The lowest BCUT2D eigenvalue weighted by Crippen LogP contribution is -2.67. The van der Waals surface area contributed by atoms with Crippen molar-refractivity contribution >= 4 is 23.2 Å². The number of methoxy groups -OCH3 is 4. The average Bonchev–Trinajstić information content (AvgIpc) is 3.45. The fraction of sp³-hybridized carbons (Fsp3) is 0.200. The van der Waals surface area contributed by atoms with Gasteiger partial charge in [0.25, 0.3) is 5.91 Å². The van der Waals surface area contributed by atoms with Crippen molar-refractivity contribution in [2.24, 2.45) is 0 Å². The molecule has 4 aromatic rings. The second kappa shape index (κ2) is 10.6. The number of halogens is 1. The van der Waals surface area contributed by atoms with E-state index in [1.807, 2.05) is 0 Å². The van der Waals surface area contributed by atoms with E-state index in [1.165, 1.54) is 39.4 Å². The molecule has 2 heterocycles. The van der Waals surface area contributed by atoms with Crippen LogP contribution in [0, 0.1) is 5.82 Å². The molecular weight excluding hydrogens is 519 g/mol. The zero-order valence-electron chi connectivity index (χ0n) is 22.3. The van der Waals surface area contributed by atoms with Crippen molar-refractivity contribution in [3.8, 4) is 34.3 Å². The van der Waals surface area contributed by atoms with E-state index in [0.29, 0.717) is 34.4 Å². The monoisotopic (exact) mass is 546 g/mol. The van der Waals surface area contributed by atoms with Crippen LogP contribution in [0.1, 0.15) is 12.2 Å². The maximum Gasteiger partial charge on any atom is 0.259 e. The number of ether oxygens (including phenoxy) is 4. The third kappa shape index (κ3) is 4.37. The van der Waals surface area contributed by atoms with Gasteiger partial charge in [-0.05, 0) is 48.5 Å². The number of carbonyl (C=O) groups excluding carboxylic acids is 2. The molecule has 0 saturated carbocycles. The molecule has 1 saturated heterocycles. The lowest BCUT2D eigenvalue weighted by molar-refractivity contribution is -0.138. The van der Waals surface area contributed by atoms with E-state index in [0.717, 1.165) is 0 Å². The number of hydrogen-bond acceptors (Lipinski definition) is 7. The highest BCUT2D eigenvalue weighted by molar-refractivity contribution is 6.17. The van der Waals surface area contributed by atoms with E-state index >= 15 is 0 Å². The summed E-state index contributed by atoms with van der Waals surface area (Å²) in [6.45, 7) is 0. The molecule has 5 rings (SSSR count). The number of nitrogens with zero attached hydrogens (tertiary/aromatic N) is 1. The molecule has 0 bridgehead atoms. The van der Waals surface area contributed by atoms with Crippen LogP contribution >= 0.6 is 0 Å². The number of β-lactam (4-membered cyclic amide) rings is 1. The van der Waals surface area contributed by atoms with E-state index < -0.39 is 17.3 Å². The Balaban J connectivity index is 1.67. The van der Waals surface area contributed by atoms with Crippen LogP contribution < -0.4 is 29.2 Å². The predicted octanol–water partition coefficient (Wildman–Crippen LogP) is 5.39. The van der Waals surface area contributed by atoms with Crippen molar-refractivity contribution in [2.45, 2.75) is 12.0 Å². The Morgan fingerprint density at radius 1 is 0.875 bits per heavy atom. The Bertz CT molecular complexity index is 1580. The quantitative estimate of drug-likeness (QED) is 0.281. The minimum atomic E-state index is -1.66. The number of hydrogen-bond donors (Lipinski definition) is 1. The third-order valence-corrected chi connectivity index (χ3v) is 6.85. The van der Waals surface area contributed by atoms with Crippen LogP contribution in [0.4, 0.5) is 15.8 Å². The Kier molecular flexibility index (Phi) is 7.08. The summed E-state index contributed by atoms with van der Waals surface area (Å²) in [6, 6.07) is 19.1. The molecule has 0 spiro atoms. The van der Waals surface area contributed by atoms with E-state index in [-0.39, 0.29) is 29.4 Å². The minimum absolute atomic E-state index is 0.134. The van der Waals surface area contributed by atoms with Gasteiger partial charge in [0.1, 0.15) is 40.3 Å². The summed E-state index contributed by atoms with van der Waals surface area (Å²) in [7, 11) is 5.93. The molecule has 1 unspecified atom stereocenters. The topological polar surface area (TPSA) is 99.5 Å². The third-order valence-electron chi connectivity index (χ3n) is 6.85. The highest BCUT2D eigenvalue weighted by atomic mass is 19.1. The number of nitrogens with one attached hydrogen (secondary N) is 1. The molecule has 206 valence electrons. The van der Waals surface area contributed by atoms with Crippen molar-refractivity contribution in [2.75, 3.05) is 38.7 Å². The first-order chi connectivity index (χ1) is 19.4. The molecule has 2 amide bonds. The van der Waals surface area contributed by atoms with Gasteiger partial charge in [-0.3, -0.25) is 14.5 Å². The number of furan rings is 1. The van der Waals surface area contributed by atoms with Crippen LogP contribution in [0.15, 0.2) is 77.2 Å². The first-order valence-corrected chi connectivity index (χ1v) is 12.3.